The molecule has 0 aliphatic rings. The van der Waals surface area contributed by atoms with E-state index < -0.39 is 0 Å². The number of benzene rings is 2. The third-order valence-electron chi connectivity index (χ3n) is 3.54. The summed E-state index contributed by atoms with van der Waals surface area (Å²) in [6.07, 6.45) is 5.35. The van der Waals surface area contributed by atoms with Gasteiger partial charge in [0.05, 0.1) is 24.6 Å². The van der Waals surface area contributed by atoms with Crippen molar-refractivity contribution in [1.29, 1.82) is 0 Å². The normalized spacial score (nSPS) is 10.7. The molecule has 0 spiro atoms. The molecule has 0 atom stereocenters. The van der Waals surface area contributed by atoms with Gasteiger partial charge in [-0.25, -0.2) is 5.43 Å². The fourth-order valence-electron chi connectivity index (χ4n) is 2.38. The summed E-state index contributed by atoms with van der Waals surface area (Å²) in [5.74, 6) is 0.425. The van der Waals surface area contributed by atoms with E-state index in [0.29, 0.717) is 11.3 Å². The number of aromatic nitrogens is 1. The van der Waals surface area contributed by atoms with Gasteiger partial charge in [0, 0.05) is 18.0 Å². The van der Waals surface area contributed by atoms with Crippen LogP contribution in [0.25, 0.3) is 5.69 Å². The third-order valence-corrected chi connectivity index (χ3v) is 3.54. The van der Waals surface area contributed by atoms with E-state index in [4.69, 9.17) is 4.74 Å². The van der Waals surface area contributed by atoms with E-state index >= 15 is 0 Å². The first kappa shape index (κ1) is 15.6. The Hall–Kier alpha value is -3.34. The summed E-state index contributed by atoms with van der Waals surface area (Å²) < 4.78 is 7.14. The SMILES string of the molecule is COc1ccccc1C=NNC(=O)c1ccccc1-n1cccc1. The third kappa shape index (κ3) is 3.35. The molecule has 1 heterocycles. The van der Waals surface area contributed by atoms with Gasteiger partial charge in [0.1, 0.15) is 5.75 Å². The van der Waals surface area contributed by atoms with Crippen molar-refractivity contribution in [3.8, 4) is 11.4 Å². The Morgan fingerprint density at radius 1 is 1.04 bits per heavy atom. The molecule has 0 aliphatic carbocycles. The fourth-order valence-corrected chi connectivity index (χ4v) is 2.38. The van der Waals surface area contributed by atoms with Crippen LogP contribution < -0.4 is 10.2 Å². The minimum atomic E-state index is -0.273. The van der Waals surface area contributed by atoms with E-state index in [9.17, 15) is 4.79 Å². The van der Waals surface area contributed by atoms with Crippen LogP contribution in [0.5, 0.6) is 5.75 Å². The van der Waals surface area contributed by atoms with Gasteiger partial charge < -0.3 is 9.30 Å². The topological polar surface area (TPSA) is 55.6 Å². The highest BCUT2D eigenvalue weighted by Crippen LogP contribution is 2.16. The fraction of sp³-hybridized carbons (Fsp3) is 0.0526. The maximum Gasteiger partial charge on any atom is 0.273 e. The van der Waals surface area contributed by atoms with Gasteiger partial charge in [-0.1, -0.05) is 24.3 Å². The molecule has 1 aromatic heterocycles. The van der Waals surface area contributed by atoms with E-state index in [-0.39, 0.29) is 5.91 Å². The van der Waals surface area contributed by atoms with Crippen LogP contribution in [0.1, 0.15) is 15.9 Å². The molecule has 120 valence electrons. The zero-order valence-corrected chi connectivity index (χ0v) is 13.2. The first-order valence-corrected chi connectivity index (χ1v) is 7.48. The number of hydrogen-bond donors (Lipinski definition) is 1. The molecule has 2 aromatic carbocycles. The van der Waals surface area contributed by atoms with Crippen LogP contribution in [0.4, 0.5) is 0 Å². The zero-order valence-electron chi connectivity index (χ0n) is 13.2. The molecule has 3 rings (SSSR count). The highest BCUT2D eigenvalue weighted by atomic mass is 16.5. The van der Waals surface area contributed by atoms with Crippen LogP contribution in [0.2, 0.25) is 0 Å². The second-order valence-electron chi connectivity index (χ2n) is 5.05. The zero-order chi connectivity index (χ0) is 16.8. The number of rotatable bonds is 5. The number of nitrogens with zero attached hydrogens (tertiary/aromatic N) is 2. The Kier molecular flexibility index (Phi) is 4.72. The van der Waals surface area contributed by atoms with Gasteiger partial charge >= 0.3 is 0 Å². The Balaban J connectivity index is 1.78. The lowest BCUT2D eigenvalue weighted by molar-refractivity contribution is 0.0955. The number of carbonyl (C=O) groups is 1. The molecule has 0 aliphatic heterocycles. The van der Waals surface area contributed by atoms with Crippen LogP contribution in [-0.2, 0) is 0 Å². The van der Waals surface area contributed by atoms with Crippen LogP contribution in [0.3, 0.4) is 0 Å². The van der Waals surface area contributed by atoms with Gasteiger partial charge in [0.15, 0.2) is 0 Å². The average Bonchev–Trinajstić information content (AvgIpc) is 3.16. The Morgan fingerprint density at radius 2 is 1.75 bits per heavy atom. The monoisotopic (exact) mass is 319 g/mol. The molecule has 1 N–H and O–H groups in total. The standard InChI is InChI=1S/C19H17N3O2/c1-24-18-11-5-2-8-15(18)14-20-21-19(23)16-9-3-4-10-17(16)22-12-6-7-13-22/h2-14H,1H3,(H,21,23). The molecule has 24 heavy (non-hydrogen) atoms. The van der Waals surface area contributed by atoms with Crippen LogP contribution in [-0.4, -0.2) is 23.8 Å². The maximum absolute atomic E-state index is 12.4. The van der Waals surface area contributed by atoms with E-state index in [0.717, 1.165) is 11.3 Å². The van der Waals surface area contributed by atoms with Crippen LogP contribution in [0, 0.1) is 0 Å². The van der Waals surface area contributed by atoms with Crippen LogP contribution in [0.15, 0.2) is 78.2 Å². The van der Waals surface area contributed by atoms with E-state index in [1.54, 1.807) is 19.4 Å². The number of carbonyl (C=O) groups excluding carboxylic acids is 1. The second kappa shape index (κ2) is 7.28. The molecule has 1 amide bonds. The molecule has 0 saturated carbocycles. The highest BCUT2D eigenvalue weighted by Gasteiger charge is 2.11. The molecular weight excluding hydrogens is 302 g/mol. The van der Waals surface area contributed by atoms with Gasteiger partial charge in [-0.15, -0.1) is 0 Å². The molecular formula is C19H17N3O2. The van der Waals surface area contributed by atoms with Gasteiger partial charge in [-0.05, 0) is 36.4 Å². The van der Waals surface area contributed by atoms with Crippen molar-refractivity contribution in [1.82, 2.24) is 9.99 Å². The number of ether oxygens (including phenoxy) is 1. The van der Waals surface area contributed by atoms with Crippen molar-refractivity contribution < 1.29 is 9.53 Å². The molecule has 3 aromatic rings. The first-order chi connectivity index (χ1) is 11.8. The van der Waals surface area contributed by atoms with E-state index in [2.05, 4.69) is 10.5 Å². The smallest absolute Gasteiger partial charge is 0.273 e. The summed E-state index contributed by atoms with van der Waals surface area (Å²) in [6.45, 7) is 0. The van der Waals surface area contributed by atoms with Gasteiger partial charge in [-0.3, -0.25) is 4.79 Å². The Labute approximate surface area is 140 Å². The number of hydrogen-bond acceptors (Lipinski definition) is 3. The summed E-state index contributed by atoms with van der Waals surface area (Å²) in [5, 5.41) is 4.04. The predicted molar refractivity (Wildman–Crippen MR) is 93.8 cm³/mol. The van der Waals surface area contributed by atoms with Crippen molar-refractivity contribution >= 4 is 12.1 Å². The quantitative estimate of drug-likeness (QED) is 0.580. The van der Waals surface area contributed by atoms with E-state index in [1.807, 2.05) is 71.6 Å². The lowest BCUT2D eigenvalue weighted by atomic mass is 10.1. The minimum absolute atomic E-state index is 0.273. The summed E-state index contributed by atoms with van der Waals surface area (Å²) in [7, 11) is 1.60. The second-order valence-corrected chi connectivity index (χ2v) is 5.05. The Morgan fingerprint density at radius 3 is 2.54 bits per heavy atom. The summed E-state index contributed by atoms with van der Waals surface area (Å²) in [6, 6.07) is 18.7. The lowest BCUT2D eigenvalue weighted by Crippen LogP contribution is -2.19. The van der Waals surface area contributed by atoms with Gasteiger partial charge in [0.25, 0.3) is 5.91 Å². The predicted octanol–water partition coefficient (Wildman–Crippen LogP) is 3.25. The average molecular weight is 319 g/mol. The summed E-state index contributed by atoms with van der Waals surface area (Å²) >= 11 is 0. The molecule has 0 unspecified atom stereocenters. The molecule has 0 fully saturated rings. The highest BCUT2D eigenvalue weighted by molar-refractivity contribution is 5.98. The Bertz CT molecular complexity index is 855. The molecule has 0 bridgehead atoms. The van der Waals surface area contributed by atoms with Gasteiger partial charge in [0.2, 0.25) is 0 Å². The van der Waals surface area contributed by atoms with E-state index in [1.165, 1.54) is 0 Å². The molecule has 0 saturated heterocycles. The van der Waals surface area contributed by atoms with Crippen molar-refractivity contribution in [2.24, 2.45) is 5.10 Å². The van der Waals surface area contributed by atoms with Crippen molar-refractivity contribution in [3.05, 3.63) is 84.2 Å². The lowest BCUT2D eigenvalue weighted by Gasteiger charge is -2.09. The van der Waals surface area contributed by atoms with Crippen LogP contribution >= 0.6 is 0 Å². The number of para-hydroxylation sites is 2. The molecule has 0 radical (unpaired) electrons. The molecule has 5 heteroatoms. The molecule has 5 nitrogen and oxygen atoms in total. The minimum Gasteiger partial charge on any atom is -0.496 e. The number of methoxy groups -OCH3 is 1. The largest absolute Gasteiger partial charge is 0.496 e. The van der Waals surface area contributed by atoms with Crippen molar-refractivity contribution in [3.63, 3.8) is 0 Å². The van der Waals surface area contributed by atoms with Crippen molar-refractivity contribution in [2.75, 3.05) is 7.11 Å². The summed E-state index contributed by atoms with van der Waals surface area (Å²) in [5.41, 5.74) is 4.70. The first-order valence-electron chi connectivity index (χ1n) is 7.48. The number of amides is 1. The number of hydrazone groups is 1. The number of nitrogens with one attached hydrogen (secondary N) is 1. The summed E-state index contributed by atoms with van der Waals surface area (Å²) in [4.78, 5) is 12.4. The van der Waals surface area contributed by atoms with Gasteiger partial charge in [-0.2, -0.15) is 5.10 Å². The maximum atomic E-state index is 12.4. The van der Waals surface area contributed by atoms with Crippen molar-refractivity contribution in [2.45, 2.75) is 0 Å².